The maximum atomic E-state index is 14.2. The predicted molar refractivity (Wildman–Crippen MR) is 118 cm³/mol. The van der Waals surface area contributed by atoms with Crippen molar-refractivity contribution in [2.45, 2.75) is 38.9 Å². The molecule has 0 radical (unpaired) electrons. The van der Waals surface area contributed by atoms with Crippen molar-refractivity contribution in [3.05, 3.63) is 56.2 Å². The normalized spacial score (nSPS) is 16.3. The summed E-state index contributed by atoms with van der Waals surface area (Å²) in [6.45, 7) is 2.60. The maximum Gasteiger partial charge on any atom is 0.332 e. The predicted octanol–water partition coefficient (Wildman–Crippen LogP) is 1.17. The molecule has 1 atom stereocenters. The number of nitrogens with zero attached hydrogens (tertiary/aromatic N) is 5. The fraction of sp³-hybridized carbons (Fsp3) is 0.409. The Labute approximate surface area is 182 Å². The van der Waals surface area contributed by atoms with E-state index in [2.05, 4.69) is 16.8 Å². The second-order valence-electron chi connectivity index (χ2n) is 7.88. The minimum Gasteiger partial charge on any atom is -0.341 e. The van der Waals surface area contributed by atoms with Crippen LogP contribution in [0.2, 0.25) is 0 Å². The highest BCUT2D eigenvalue weighted by atomic mass is 19.1. The minimum absolute atomic E-state index is 0.0289. The molecule has 2 aromatic heterocycles. The Bertz CT molecular complexity index is 1340. The van der Waals surface area contributed by atoms with Crippen molar-refractivity contribution in [2.24, 2.45) is 12.8 Å². The molecule has 10 heteroatoms. The number of nitrogens with two attached hydrogens (primary N) is 1. The third kappa shape index (κ3) is 3.69. The molecule has 0 spiro atoms. The maximum absolute atomic E-state index is 14.2. The molecule has 32 heavy (non-hydrogen) atoms. The van der Waals surface area contributed by atoms with E-state index >= 15 is 0 Å². The molecule has 1 fully saturated rings. The molecule has 168 valence electrons. The van der Waals surface area contributed by atoms with Gasteiger partial charge in [0.2, 0.25) is 5.95 Å². The highest BCUT2D eigenvalue weighted by Gasteiger charge is 2.26. The average Bonchev–Trinajstić information content (AvgIpc) is 3.15. The SMILES string of the molecule is CC#CCn1c(N2CCC[C@@H](N)C2)nc2c1c(=O)n(Cc1c(F)cccc1F)c(=O)n2C. The quantitative estimate of drug-likeness (QED) is 0.613. The molecule has 8 nitrogen and oxygen atoms in total. The van der Waals surface area contributed by atoms with Gasteiger partial charge >= 0.3 is 5.69 Å². The Kier molecular flexibility index (Phi) is 5.84. The van der Waals surface area contributed by atoms with Gasteiger partial charge in [0.15, 0.2) is 11.2 Å². The van der Waals surface area contributed by atoms with Crippen LogP contribution in [0.4, 0.5) is 14.7 Å². The number of imidazole rings is 1. The van der Waals surface area contributed by atoms with Gasteiger partial charge in [-0.15, -0.1) is 5.92 Å². The van der Waals surface area contributed by atoms with Crippen LogP contribution in [0.3, 0.4) is 0 Å². The average molecular weight is 442 g/mol. The Balaban J connectivity index is 1.95. The van der Waals surface area contributed by atoms with E-state index in [-0.39, 0.29) is 29.3 Å². The van der Waals surface area contributed by atoms with Crippen molar-refractivity contribution < 1.29 is 8.78 Å². The minimum atomic E-state index is -0.826. The van der Waals surface area contributed by atoms with Crippen LogP contribution in [0.25, 0.3) is 11.2 Å². The molecular formula is C22H24F2N6O2. The first kappa shape index (κ1) is 21.8. The van der Waals surface area contributed by atoms with E-state index in [4.69, 9.17) is 5.73 Å². The smallest absolute Gasteiger partial charge is 0.332 e. The van der Waals surface area contributed by atoms with Crippen molar-refractivity contribution in [1.29, 1.82) is 0 Å². The molecule has 0 unspecified atom stereocenters. The summed E-state index contributed by atoms with van der Waals surface area (Å²) in [7, 11) is 1.48. The van der Waals surface area contributed by atoms with Crippen molar-refractivity contribution in [1.82, 2.24) is 18.7 Å². The standard InChI is InChI=1S/C22H24F2N6O2/c1-3-4-11-29-18-19(26-21(29)28-10-6-7-14(25)12-28)27(2)22(32)30(20(18)31)13-15-16(23)8-5-9-17(15)24/h5,8-9,14H,6-7,10-13,25H2,1-2H3/t14-/m1/s1. The molecule has 1 aliphatic heterocycles. The first-order valence-electron chi connectivity index (χ1n) is 10.4. The van der Waals surface area contributed by atoms with Crippen molar-refractivity contribution in [3.63, 3.8) is 0 Å². The number of piperidine rings is 1. The number of fused-ring (bicyclic) bond motifs is 1. The number of hydrogen-bond acceptors (Lipinski definition) is 5. The molecule has 1 aliphatic rings. The zero-order chi connectivity index (χ0) is 23.0. The number of aromatic nitrogens is 4. The van der Waals surface area contributed by atoms with E-state index in [0.29, 0.717) is 19.0 Å². The van der Waals surface area contributed by atoms with Crippen molar-refractivity contribution >= 4 is 17.1 Å². The van der Waals surface area contributed by atoms with Gasteiger partial charge in [-0.3, -0.25) is 18.5 Å². The summed E-state index contributed by atoms with van der Waals surface area (Å²) in [6, 6.07) is 3.38. The molecule has 3 heterocycles. The van der Waals surface area contributed by atoms with Gasteiger partial charge in [-0.05, 0) is 31.9 Å². The lowest BCUT2D eigenvalue weighted by atomic mass is 10.1. The van der Waals surface area contributed by atoms with Gasteiger partial charge in [-0.25, -0.2) is 13.6 Å². The van der Waals surface area contributed by atoms with Crippen molar-refractivity contribution in [3.8, 4) is 11.8 Å². The van der Waals surface area contributed by atoms with Crippen molar-refractivity contribution in [2.75, 3.05) is 18.0 Å². The lowest BCUT2D eigenvalue weighted by Crippen LogP contribution is -2.44. The monoisotopic (exact) mass is 442 g/mol. The third-order valence-electron chi connectivity index (χ3n) is 5.74. The molecule has 0 amide bonds. The van der Waals surface area contributed by atoms with Crippen LogP contribution >= 0.6 is 0 Å². The summed E-state index contributed by atoms with van der Waals surface area (Å²) in [5.41, 5.74) is 4.73. The van der Waals surface area contributed by atoms with Gasteiger partial charge in [0.25, 0.3) is 5.56 Å². The van der Waals surface area contributed by atoms with E-state index < -0.39 is 29.4 Å². The molecule has 3 aromatic rings. The van der Waals surface area contributed by atoms with Crippen LogP contribution in [-0.4, -0.2) is 37.8 Å². The number of anilines is 1. The zero-order valence-corrected chi connectivity index (χ0v) is 17.9. The fourth-order valence-corrected chi connectivity index (χ4v) is 4.08. The van der Waals surface area contributed by atoms with E-state index in [1.165, 1.54) is 17.7 Å². The van der Waals surface area contributed by atoms with E-state index in [0.717, 1.165) is 29.5 Å². The number of rotatable bonds is 4. The Morgan fingerprint density at radius 1 is 1.22 bits per heavy atom. The second kappa shape index (κ2) is 8.59. The van der Waals surface area contributed by atoms with Gasteiger partial charge in [-0.1, -0.05) is 12.0 Å². The second-order valence-corrected chi connectivity index (χ2v) is 7.88. The van der Waals surface area contributed by atoms with Crippen LogP contribution in [0.5, 0.6) is 0 Å². The summed E-state index contributed by atoms with van der Waals surface area (Å²) in [5.74, 6) is 4.59. The summed E-state index contributed by atoms with van der Waals surface area (Å²) in [6.07, 6.45) is 1.77. The largest absolute Gasteiger partial charge is 0.341 e. The Hall–Kier alpha value is -3.45. The number of hydrogen-bond donors (Lipinski definition) is 1. The summed E-state index contributed by atoms with van der Waals surface area (Å²) in [4.78, 5) is 33.0. The van der Waals surface area contributed by atoms with Gasteiger partial charge in [-0.2, -0.15) is 4.98 Å². The number of benzene rings is 1. The fourth-order valence-electron chi connectivity index (χ4n) is 4.08. The molecule has 0 aliphatic carbocycles. The third-order valence-corrected chi connectivity index (χ3v) is 5.74. The van der Waals surface area contributed by atoms with Crippen LogP contribution in [-0.2, 0) is 20.1 Å². The lowest BCUT2D eigenvalue weighted by molar-refractivity contribution is 0.496. The van der Waals surface area contributed by atoms with Gasteiger partial charge in [0, 0.05) is 31.7 Å². The first-order valence-corrected chi connectivity index (χ1v) is 10.4. The number of halogens is 2. The van der Waals surface area contributed by atoms with E-state index in [1.807, 2.05) is 4.90 Å². The molecule has 4 rings (SSSR count). The first-order chi connectivity index (χ1) is 15.3. The molecule has 0 saturated carbocycles. The van der Waals surface area contributed by atoms with Crippen LogP contribution in [0, 0.1) is 23.5 Å². The highest BCUT2D eigenvalue weighted by Crippen LogP contribution is 2.23. The van der Waals surface area contributed by atoms with Crippen LogP contribution < -0.4 is 21.9 Å². The molecule has 2 N–H and O–H groups in total. The van der Waals surface area contributed by atoms with Gasteiger partial charge < -0.3 is 10.6 Å². The van der Waals surface area contributed by atoms with E-state index in [9.17, 15) is 18.4 Å². The highest BCUT2D eigenvalue weighted by molar-refractivity contribution is 5.75. The molecule has 1 saturated heterocycles. The van der Waals surface area contributed by atoms with Gasteiger partial charge in [0.05, 0.1) is 13.1 Å². The molecular weight excluding hydrogens is 418 g/mol. The lowest BCUT2D eigenvalue weighted by Gasteiger charge is -2.31. The topological polar surface area (TPSA) is 91.1 Å². The molecule has 0 bridgehead atoms. The van der Waals surface area contributed by atoms with Crippen LogP contribution in [0.1, 0.15) is 25.3 Å². The van der Waals surface area contributed by atoms with Crippen LogP contribution in [0.15, 0.2) is 27.8 Å². The van der Waals surface area contributed by atoms with E-state index in [1.54, 1.807) is 11.5 Å². The summed E-state index contributed by atoms with van der Waals surface area (Å²) in [5, 5.41) is 0. The number of aryl methyl sites for hydroxylation is 1. The Morgan fingerprint density at radius 2 is 1.94 bits per heavy atom. The molecule has 1 aromatic carbocycles. The van der Waals surface area contributed by atoms with Gasteiger partial charge in [0.1, 0.15) is 11.6 Å². The summed E-state index contributed by atoms with van der Waals surface area (Å²) >= 11 is 0. The Morgan fingerprint density at radius 3 is 2.59 bits per heavy atom. The zero-order valence-electron chi connectivity index (χ0n) is 17.9. The summed E-state index contributed by atoms with van der Waals surface area (Å²) < 4.78 is 32.1.